The van der Waals surface area contributed by atoms with Crippen molar-refractivity contribution in [1.82, 2.24) is 9.80 Å². The third kappa shape index (κ3) is 3.76. The van der Waals surface area contributed by atoms with E-state index < -0.39 is 45.2 Å². The Kier molecular flexibility index (Phi) is 6.88. The highest BCUT2D eigenvalue weighted by Crippen LogP contribution is 2.66. The van der Waals surface area contributed by atoms with Crippen molar-refractivity contribution in [3.63, 3.8) is 0 Å². The Morgan fingerprint density at radius 3 is 2.37 bits per heavy atom. The molecule has 1 N–H and O–H groups in total. The summed E-state index contributed by atoms with van der Waals surface area (Å²) in [6.07, 6.45) is 2.03. The van der Waals surface area contributed by atoms with Gasteiger partial charge in [0.25, 0.3) is 11.8 Å². The molecule has 2 heterocycles. The van der Waals surface area contributed by atoms with Gasteiger partial charge in [0.15, 0.2) is 21.2 Å². The molecule has 2 aliphatic carbocycles. The van der Waals surface area contributed by atoms with Crippen LogP contribution in [0.5, 0.6) is 11.5 Å². The molecule has 1 saturated carbocycles. The maximum atomic E-state index is 14.0. The zero-order valence-electron chi connectivity index (χ0n) is 21.9. The lowest BCUT2D eigenvalue weighted by molar-refractivity contribution is -0.141. The van der Waals surface area contributed by atoms with Gasteiger partial charge >= 0.3 is 0 Å². The van der Waals surface area contributed by atoms with Gasteiger partial charge in [0, 0.05) is 17.4 Å². The van der Waals surface area contributed by atoms with E-state index in [1.54, 1.807) is 6.07 Å². The molecular weight excluding hydrogens is 703 g/mol. The number of methoxy groups -OCH3 is 1. The second kappa shape index (κ2) is 9.82. The Bertz CT molecular complexity index is 1570. The van der Waals surface area contributed by atoms with E-state index in [-0.39, 0.29) is 47.2 Å². The zero-order valence-corrected chi connectivity index (χ0v) is 26.6. The van der Waals surface area contributed by atoms with Crippen molar-refractivity contribution in [2.24, 2.45) is 17.8 Å². The quantitative estimate of drug-likeness (QED) is 0.267. The van der Waals surface area contributed by atoms with Gasteiger partial charge in [-0.2, -0.15) is 0 Å². The molecule has 4 aliphatic rings. The first-order chi connectivity index (χ1) is 19.4. The number of aromatic hydroxyl groups is 1. The van der Waals surface area contributed by atoms with Gasteiger partial charge in [-0.3, -0.25) is 29.0 Å². The smallest absolute Gasteiger partial charge is 0.253 e. The minimum atomic E-state index is -1.95. The summed E-state index contributed by atoms with van der Waals surface area (Å²) < 4.78 is 6.04. The van der Waals surface area contributed by atoms with Crippen LogP contribution in [0.4, 0.5) is 0 Å². The number of phenols is 1. The van der Waals surface area contributed by atoms with Gasteiger partial charge in [-0.1, -0.05) is 42.0 Å². The van der Waals surface area contributed by atoms with Crippen molar-refractivity contribution >= 4 is 78.7 Å². The maximum absolute atomic E-state index is 14.0. The van der Waals surface area contributed by atoms with Crippen LogP contribution in [-0.2, 0) is 25.7 Å². The molecule has 8 nitrogen and oxygen atoms in total. The lowest BCUT2D eigenvalue weighted by Gasteiger charge is -2.51. The Hall–Kier alpha value is -2.40. The second-order valence-corrected chi connectivity index (χ2v) is 13.7. The third-order valence-corrected chi connectivity index (χ3v) is 12.6. The monoisotopic (exact) mass is 724 g/mol. The van der Waals surface area contributed by atoms with Gasteiger partial charge in [-0.15, -0.1) is 23.2 Å². The van der Waals surface area contributed by atoms with Crippen molar-refractivity contribution in [2.45, 2.75) is 35.1 Å². The number of phenolic OH excluding ortho intramolecular Hbond substituents is 1. The van der Waals surface area contributed by atoms with E-state index in [4.69, 9.17) is 27.9 Å². The van der Waals surface area contributed by atoms with E-state index in [0.717, 1.165) is 10.5 Å². The molecule has 0 aromatic heterocycles. The summed E-state index contributed by atoms with van der Waals surface area (Å²) in [5, 5.41) is 10.6. The standard InChI is InChI=1S/C29H24Br2Cl2N2O6/c1-34-26(39)28(32)11-17-14(8-9-15-19(17)25(38)35(24(15)37)12-13-6-4-3-5-7-13)20(29(28,33)27(34)40)16-10-18(41-2)23(36)22(31)21(16)30/h3-8,10,15,17,19-20,36H,9,11-12H2,1-2H3/t15-,17+,19-,20+,28+,29-/m0/s1. The lowest BCUT2D eigenvalue weighted by atomic mass is 9.56. The number of nitrogens with zero attached hydrogens (tertiary/aromatic N) is 2. The molecule has 4 amide bonds. The molecule has 12 heteroatoms. The molecule has 2 aromatic carbocycles. The molecule has 6 atom stereocenters. The fourth-order valence-corrected chi connectivity index (χ4v) is 9.02. The molecule has 2 aromatic rings. The first-order valence-electron chi connectivity index (χ1n) is 12.9. The average molecular weight is 727 g/mol. The Labute approximate surface area is 262 Å². The van der Waals surface area contributed by atoms with Gasteiger partial charge in [-0.25, -0.2) is 0 Å². The van der Waals surface area contributed by atoms with Gasteiger partial charge in [0.05, 0.1) is 30.0 Å². The zero-order chi connectivity index (χ0) is 29.6. The predicted octanol–water partition coefficient (Wildman–Crippen LogP) is 5.11. The normalized spacial score (nSPS) is 32.6. The highest BCUT2D eigenvalue weighted by molar-refractivity contribution is 9.13. The van der Waals surface area contributed by atoms with Gasteiger partial charge < -0.3 is 9.84 Å². The summed E-state index contributed by atoms with van der Waals surface area (Å²) in [4.78, 5) is 53.3. The molecule has 3 fully saturated rings. The Balaban J connectivity index is 1.53. The van der Waals surface area contributed by atoms with E-state index in [9.17, 15) is 24.3 Å². The van der Waals surface area contributed by atoms with Crippen LogP contribution in [0.3, 0.4) is 0 Å². The summed E-state index contributed by atoms with van der Waals surface area (Å²) in [5.74, 6) is -5.05. The predicted molar refractivity (Wildman–Crippen MR) is 158 cm³/mol. The molecule has 0 radical (unpaired) electrons. The fraction of sp³-hybridized carbons (Fsp3) is 0.379. The summed E-state index contributed by atoms with van der Waals surface area (Å²) in [6.45, 7) is 0.135. The summed E-state index contributed by atoms with van der Waals surface area (Å²) in [7, 11) is 2.72. The van der Waals surface area contributed by atoms with Crippen molar-refractivity contribution in [3.05, 3.63) is 68.1 Å². The van der Waals surface area contributed by atoms with E-state index in [1.807, 2.05) is 36.4 Å². The highest BCUT2D eigenvalue weighted by atomic mass is 79.9. The van der Waals surface area contributed by atoms with Crippen LogP contribution in [0.15, 0.2) is 57.0 Å². The number of imide groups is 2. The number of carbonyl (C=O) groups is 4. The van der Waals surface area contributed by atoms with Gasteiger partial charge in [-0.05, 0) is 67.8 Å². The minimum absolute atomic E-state index is 0.0946. The molecule has 214 valence electrons. The average Bonchev–Trinajstić information content (AvgIpc) is 3.27. The van der Waals surface area contributed by atoms with Crippen molar-refractivity contribution in [3.8, 4) is 11.5 Å². The number of ether oxygens (including phenoxy) is 1. The number of rotatable bonds is 4. The van der Waals surface area contributed by atoms with Crippen LogP contribution in [0.1, 0.15) is 29.9 Å². The second-order valence-electron chi connectivity index (χ2n) is 10.9. The van der Waals surface area contributed by atoms with Crippen LogP contribution in [0.25, 0.3) is 0 Å². The number of alkyl halides is 2. The van der Waals surface area contributed by atoms with Crippen LogP contribution in [-0.4, -0.2) is 62.4 Å². The number of carbonyl (C=O) groups excluding carboxylic acids is 4. The number of hydrogen-bond donors (Lipinski definition) is 1. The van der Waals surface area contributed by atoms with Crippen molar-refractivity contribution in [2.75, 3.05) is 14.2 Å². The van der Waals surface area contributed by atoms with Crippen molar-refractivity contribution in [1.29, 1.82) is 0 Å². The Morgan fingerprint density at radius 2 is 1.71 bits per heavy atom. The van der Waals surface area contributed by atoms with E-state index >= 15 is 0 Å². The number of benzene rings is 2. The molecule has 0 spiro atoms. The number of halogens is 4. The molecular formula is C29H24Br2Cl2N2O6. The molecule has 6 rings (SSSR count). The van der Waals surface area contributed by atoms with Crippen LogP contribution in [0, 0.1) is 17.8 Å². The van der Waals surface area contributed by atoms with Gasteiger partial charge in [0.1, 0.15) is 0 Å². The topological polar surface area (TPSA) is 104 Å². The van der Waals surface area contributed by atoms with Crippen LogP contribution in [0.2, 0.25) is 0 Å². The van der Waals surface area contributed by atoms with Crippen LogP contribution < -0.4 is 4.74 Å². The largest absolute Gasteiger partial charge is 0.503 e. The number of fused-ring (bicyclic) bond motifs is 4. The Morgan fingerprint density at radius 1 is 1.02 bits per heavy atom. The molecule has 0 bridgehead atoms. The maximum Gasteiger partial charge on any atom is 0.253 e. The van der Waals surface area contributed by atoms with E-state index in [0.29, 0.717) is 15.6 Å². The highest BCUT2D eigenvalue weighted by Gasteiger charge is 2.76. The van der Waals surface area contributed by atoms with Crippen LogP contribution >= 0.6 is 55.1 Å². The van der Waals surface area contributed by atoms with Gasteiger partial charge in [0.2, 0.25) is 11.8 Å². The third-order valence-electron chi connectivity index (χ3n) is 8.99. The molecule has 2 saturated heterocycles. The summed E-state index contributed by atoms with van der Waals surface area (Å²) in [6, 6.07) is 10.8. The first-order valence-corrected chi connectivity index (χ1v) is 15.3. The lowest BCUT2D eigenvalue weighted by Crippen LogP contribution is -2.60. The number of hydrogen-bond acceptors (Lipinski definition) is 6. The first kappa shape index (κ1) is 28.7. The van der Waals surface area contributed by atoms with E-state index in [2.05, 4.69) is 31.9 Å². The SMILES string of the molecule is COc1cc([C@H]2C3=CC[C@@H]4C(=O)N(Cc5ccccc5)C(=O)[C@@H]4[C@@H]3C[C@@]3(Cl)C(=O)N(C)C(=O)[C@@]23Cl)c(Br)c(Br)c1O. The fourth-order valence-electron chi connectivity index (χ4n) is 7.05. The number of amides is 4. The minimum Gasteiger partial charge on any atom is -0.503 e. The molecule has 41 heavy (non-hydrogen) atoms. The molecule has 0 unspecified atom stereocenters. The molecule has 2 aliphatic heterocycles. The number of likely N-dealkylation sites (tertiary alicyclic amines) is 2. The van der Waals surface area contributed by atoms with E-state index in [1.165, 1.54) is 19.1 Å². The summed E-state index contributed by atoms with van der Waals surface area (Å²) >= 11 is 21.4. The number of allylic oxidation sites excluding steroid dienone is 2. The summed E-state index contributed by atoms with van der Waals surface area (Å²) in [5.41, 5.74) is 1.91. The van der Waals surface area contributed by atoms with Crippen molar-refractivity contribution < 1.29 is 29.0 Å².